The third-order valence-electron chi connectivity index (χ3n) is 9.22. The number of rotatable bonds is 4. The lowest BCUT2D eigenvalue weighted by Gasteiger charge is -2.53. The van der Waals surface area contributed by atoms with Crippen molar-refractivity contribution < 1.29 is 71.1 Å². The van der Waals surface area contributed by atoms with Crippen molar-refractivity contribution in [2.45, 2.75) is 42.9 Å². The molecule has 0 aromatic heterocycles. The zero-order valence-corrected chi connectivity index (χ0v) is 25.9. The Morgan fingerprint density at radius 2 is 1.50 bits per heavy atom. The molecule has 1 saturated carbocycles. The van der Waals surface area contributed by atoms with E-state index in [0.717, 1.165) is 6.07 Å². The Labute approximate surface area is 277 Å². The van der Waals surface area contributed by atoms with Crippen LogP contribution in [0.4, 0.5) is 42.5 Å². The molecule has 5 rings (SSSR count). The Kier molecular flexibility index (Phi) is 8.48. The van der Waals surface area contributed by atoms with Crippen LogP contribution in [-0.4, -0.2) is 85.8 Å². The number of likely N-dealkylation sites (N-methyl/N-ethyl adjacent to an activating group) is 1. The number of fused-ring (bicyclic) bond motifs is 3. The summed E-state index contributed by atoms with van der Waals surface area (Å²) < 4.78 is 79.6. The zero-order chi connectivity index (χ0) is 37.6. The van der Waals surface area contributed by atoms with E-state index < -0.39 is 128 Å². The Hall–Kier alpha value is -5.14. The fourth-order valence-electron chi connectivity index (χ4n) is 7.03. The van der Waals surface area contributed by atoms with Gasteiger partial charge in [-0.25, -0.2) is 4.79 Å². The van der Waals surface area contributed by atoms with Crippen LogP contribution in [0.5, 0.6) is 5.75 Å². The highest BCUT2D eigenvalue weighted by Crippen LogP contribution is 2.56. The summed E-state index contributed by atoms with van der Waals surface area (Å²) in [5, 5.41) is 60.8. The lowest BCUT2D eigenvalue weighted by atomic mass is 9.54. The van der Waals surface area contributed by atoms with E-state index in [-0.39, 0.29) is 23.8 Å². The number of nitrogens with zero attached hydrogens (tertiary/aromatic N) is 1. The molecule has 3 unspecified atom stereocenters. The number of hydrogen-bond donors (Lipinski definition) is 8. The number of carbonyl (C=O) groups is 4. The molecule has 0 saturated heterocycles. The summed E-state index contributed by atoms with van der Waals surface area (Å²) in [5.74, 6) is -11.7. The number of Topliss-reactive ketones (excluding diaryl/α,β-unsaturated/α-hetero) is 2. The number of alkyl halides is 6. The number of nitrogens with one attached hydrogen (secondary N) is 2. The van der Waals surface area contributed by atoms with Crippen molar-refractivity contribution in [1.29, 1.82) is 0 Å². The number of aliphatic hydroxyl groups excluding tert-OH is 3. The van der Waals surface area contributed by atoms with Gasteiger partial charge < -0.3 is 41.9 Å². The third-order valence-corrected chi connectivity index (χ3v) is 9.22. The summed E-state index contributed by atoms with van der Waals surface area (Å²) in [4.78, 5) is 53.4. The average molecular weight is 715 g/mol. The Morgan fingerprint density at radius 1 is 0.940 bits per heavy atom. The lowest BCUT2D eigenvalue weighted by molar-refractivity contribution is -0.169. The number of amides is 3. The summed E-state index contributed by atoms with van der Waals surface area (Å²) in [6.07, 6.45) is -12.3. The lowest BCUT2D eigenvalue weighted by Crippen LogP contribution is -2.70. The highest BCUT2D eigenvalue weighted by atomic mass is 19.4. The molecular formula is C31H28F6N4O9. The number of halogens is 6. The van der Waals surface area contributed by atoms with Crippen LogP contribution in [0.25, 0.3) is 5.76 Å². The molecule has 0 radical (unpaired) electrons. The number of hydrogen-bond acceptors (Lipinski definition) is 10. The number of primary amides is 1. The molecule has 50 heavy (non-hydrogen) atoms. The molecule has 6 atom stereocenters. The number of anilines is 2. The van der Waals surface area contributed by atoms with Crippen molar-refractivity contribution >= 4 is 40.6 Å². The van der Waals surface area contributed by atoms with Gasteiger partial charge in [0.25, 0.3) is 5.91 Å². The van der Waals surface area contributed by atoms with Crippen molar-refractivity contribution in [3.8, 4) is 5.75 Å². The van der Waals surface area contributed by atoms with Gasteiger partial charge in [-0.1, -0.05) is 13.0 Å². The van der Waals surface area contributed by atoms with Gasteiger partial charge >= 0.3 is 18.4 Å². The fourth-order valence-corrected chi connectivity index (χ4v) is 7.03. The van der Waals surface area contributed by atoms with Crippen LogP contribution in [0.2, 0.25) is 0 Å². The van der Waals surface area contributed by atoms with E-state index in [1.165, 1.54) is 32.0 Å². The van der Waals surface area contributed by atoms with Crippen LogP contribution in [0.3, 0.4) is 0 Å². The van der Waals surface area contributed by atoms with Gasteiger partial charge in [0.1, 0.15) is 22.8 Å². The van der Waals surface area contributed by atoms with Gasteiger partial charge in [-0.15, -0.1) is 0 Å². The number of phenolic OH excluding ortho intramolecular Hbond substituents is 1. The molecule has 19 heteroatoms. The number of urea groups is 1. The molecule has 3 aliphatic rings. The number of aliphatic hydroxyl groups is 4. The highest BCUT2D eigenvalue weighted by Gasteiger charge is 2.68. The molecule has 0 spiro atoms. The minimum absolute atomic E-state index is 0.0609. The van der Waals surface area contributed by atoms with E-state index in [2.05, 4.69) is 0 Å². The quantitative estimate of drug-likeness (QED) is 0.131. The Balaban J connectivity index is 1.57. The van der Waals surface area contributed by atoms with E-state index in [1.54, 1.807) is 0 Å². The van der Waals surface area contributed by atoms with Gasteiger partial charge in [0.05, 0.1) is 40.4 Å². The minimum atomic E-state index is -5.21. The van der Waals surface area contributed by atoms with Crippen molar-refractivity contribution in [2.75, 3.05) is 24.7 Å². The summed E-state index contributed by atoms with van der Waals surface area (Å²) >= 11 is 0. The van der Waals surface area contributed by atoms with Gasteiger partial charge in [0.15, 0.2) is 11.4 Å². The number of nitrogens with two attached hydrogens (primary N) is 1. The molecule has 3 amide bonds. The van der Waals surface area contributed by atoms with Gasteiger partial charge in [0.2, 0.25) is 5.78 Å². The van der Waals surface area contributed by atoms with Gasteiger partial charge in [-0.2, -0.15) is 26.3 Å². The predicted octanol–water partition coefficient (Wildman–Crippen LogP) is 3.18. The molecule has 3 aliphatic carbocycles. The molecule has 0 aliphatic heterocycles. The highest BCUT2D eigenvalue weighted by molar-refractivity contribution is 6.24. The minimum Gasteiger partial charge on any atom is -0.508 e. The topological polar surface area (TPSA) is 223 Å². The van der Waals surface area contributed by atoms with E-state index >= 15 is 0 Å². The second-order valence-electron chi connectivity index (χ2n) is 12.3. The van der Waals surface area contributed by atoms with Crippen LogP contribution in [-0.2, 0) is 26.7 Å². The second-order valence-corrected chi connectivity index (χ2v) is 12.3. The number of carbonyl (C=O) groups excluding carboxylic acids is 4. The van der Waals surface area contributed by atoms with Crippen LogP contribution >= 0.6 is 0 Å². The third kappa shape index (κ3) is 5.41. The molecular weight excluding hydrogens is 686 g/mol. The van der Waals surface area contributed by atoms with Crippen LogP contribution in [0.15, 0.2) is 47.2 Å². The molecule has 0 bridgehead atoms. The Morgan fingerprint density at radius 3 is 2.00 bits per heavy atom. The van der Waals surface area contributed by atoms with Gasteiger partial charge in [-0.3, -0.25) is 19.3 Å². The number of ketones is 2. The summed E-state index contributed by atoms with van der Waals surface area (Å²) in [6, 6.07) is -0.388. The number of benzene rings is 2. The first kappa shape index (κ1) is 36.1. The Bertz CT molecular complexity index is 1890. The maximum absolute atomic E-state index is 14.1. The van der Waals surface area contributed by atoms with Crippen molar-refractivity contribution in [2.24, 2.45) is 17.6 Å². The normalized spacial score (nSPS) is 26.8. The summed E-state index contributed by atoms with van der Waals surface area (Å²) in [6.45, 7) is 1.45. The fraction of sp³-hybridized carbons (Fsp3) is 0.355. The largest absolute Gasteiger partial charge is 0.508 e. The summed E-state index contributed by atoms with van der Waals surface area (Å²) in [7, 11) is 2.68. The first-order chi connectivity index (χ1) is 22.9. The van der Waals surface area contributed by atoms with E-state index in [1.807, 2.05) is 10.6 Å². The van der Waals surface area contributed by atoms with Crippen molar-refractivity contribution in [3.05, 3.63) is 69.5 Å². The first-order valence-corrected chi connectivity index (χ1v) is 14.5. The average Bonchev–Trinajstić information content (AvgIpc) is 2.98. The van der Waals surface area contributed by atoms with E-state index in [0.29, 0.717) is 0 Å². The molecule has 0 heterocycles. The first-order valence-electron chi connectivity index (χ1n) is 14.5. The smallest absolute Gasteiger partial charge is 0.416 e. The molecule has 9 N–H and O–H groups in total. The standard InChI is InChI=1S/C31H28F6N4O9/c1-9-13-4-5-14(40-28(49)39-12-7-10(30(32,33)34)6-11(8-12)31(35,36)37)21(42)16(13)22(43)17-15(9)23(44)19-20(41(2)3)24(45)18(27(38)48)26(47)29(19,50)25(17)46/h4-9,15,19-20,23,42-44,47,50H,1-3H3,(H2,38,48)(H2,39,40,49)/t9-,15?,19?,20-,23?,29-/m0/s1. The predicted molar refractivity (Wildman–Crippen MR) is 159 cm³/mol. The van der Waals surface area contributed by atoms with Crippen LogP contribution in [0.1, 0.15) is 35.1 Å². The van der Waals surface area contributed by atoms with Crippen molar-refractivity contribution in [1.82, 2.24) is 4.90 Å². The zero-order valence-electron chi connectivity index (χ0n) is 25.9. The maximum Gasteiger partial charge on any atom is 0.416 e. The monoisotopic (exact) mass is 714 g/mol. The van der Waals surface area contributed by atoms with Crippen LogP contribution < -0.4 is 16.4 Å². The SMILES string of the molecule is C[C@H]1c2ccc(NC(=O)Nc3cc(C(F)(F)F)cc(C(F)(F)F)c3)c(O)c2C(O)=C2C(=O)[C@]3(O)C(O)=C(C(N)=O)C(=O)[C@@H](N(C)C)C3C(O)C21. The molecule has 2 aromatic carbocycles. The molecule has 2 aromatic rings. The van der Waals surface area contributed by atoms with E-state index in [9.17, 15) is 71.1 Å². The molecule has 268 valence electrons. The van der Waals surface area contributed by atoms with E-state index in [4.69, 9.17) is 5.73 Å². The summed E-state index contributed by atoms with van der Waals surface area (Å²) in [5.41, 5.74) is -5.14. The van der Waals surface area contributed by atoms with Crippen LogP contribution in [0, 0.1) is 11.8 Å². The van der Waals surface area contributed by atoms with Crippen molar-refractivity contribution in [3.63, 3.8) is 0 Å². The maximum atomic E-state index is 14.1. The second kappa shape index (κ2) is 11.7. The molecule has 1 fully saturated rings. The number of phenols is 1. The molecule has 13 nitrogen and oxygen atoms in total. The van der Waals surface area contributed by atoms with Gasteiger partial charge in [0, 0.05) is 17.2 Å². The van der Waals surface area contributed by atoms with Gasteiger partial charge in [-0.05, 0) is 49.8 Å². The number of aromatic hydroxyl groups is 1.